The summed E-state index contributed by atoms with van der Waals surface area (Å²) in [5.41, 5.74) is -0.648. The van der Waals surface area contributed by atoms with Crippen LogP contribution < -0.4 is 4.72 Å². The highest BCUT2D eigenvalue weighted by Crippen LogP contribution is 2.41. The number of esters is 1. The molecule has 170 valence electrons. The van der Waals surface area contributed by atoms with Gasteiger partial charge in [0.15, 0.2) is 5.69 Å². The molecular formula is C16H13Cl2F3N2O6S2. The zero-order valence-electron chi connectivity index (χ0n) is 15.6. The highest BCUT2D eigenvalue weighted by atomic mass is 35.5. The molecule has 2 aromatic rings. The number of sulfonamides is 1. The fourth-order valence-electron chi connectivity index (χ4n) is 2.21. The molecule has 2 N–H and O–H groups in total. The predicted molar refractivity (Wildman–Crippen MR) is 106 cm³/mol. The van der Waals surface area contributed by atoms with Crippen LogP contribution in [0.15, 0.2) is 17.0 Å². The van der Waals surface area contributed by atoms with Gasteiger partial charge in [0.05, 0.1) is 21.5 Å². The number of halogens is 5. The lowest BCUT2D eigenvalue weighted by atomic mass is 10.1. The molecule has 0 amide bonds. The van der Waals surface area contributed by atoms with Gasteiger partial charge in [-0.05, 0) is 19.9 Å². The minimum absolute atomic E-state index is 0.0125. The van der Waals surface area contributed by atoms with Crippen LogP contribution in [0.5, 0.6) is 0 Å². The number of rotatable bonds is 7. The third-order valence-corrected chi connectivity index (χ3v) is 7.33. The normalized spacial score (nSPS) is 13.1. The maximum atomic E-state index is 12.7. The highest BCUT2D eigenvalue weighted by molar-refractivity contribution is 7.89. The summed E-state index contributed by atoms with van der Waals surface area (Å²) >= 11 is 12.7. The van der Waals surface area contributed by atoms with Crippen molar-refractivity contribution in [1.29, 1.82) is 0 Å². The van der Waals surface area contributed by atoms with Crippen LogP contribution in [0.25, 0.3) is 10.4 Å². The molecule has 2 rings (SSSR count). The Bertz CT molecular complexity index is 1140. The number of aromatic carboxylic acids is 1. The Morgan fingerprint density at radius 2 is 1.90 bits per heavy atom. The molecule has 0 aliphatic carbocycles. The number of hydrogen-bond acceptors (Lipinski definition) is 7. The van der Waals surface area contributed by atoms with Crippen molar-refractivity contribution in [2.45, 2.75) is 31.0 Å². The Labute approximate surface area is 188 Å². The number of nitrogens with one attached hydrogen (secondary N) is 1. The molecule has 8 nitrogen and oxygen atoms in total. The van der Waals surface area contributed by atoms with Crippen molar-refractivity contribution in [3.8, 4) is 10.4 Å². The van der Waals surface area contributed by atoms with Gasteiger partial charge in [-0.2, -0.15) is 17.9 Å². The third-order valence-electron chi connectivity index (χ3n) is 3.68. The summed E-state index contributed by atoms with van der Waals surface area (Å²) < 4.78 is 69.0. The van der Waals surface area contributed by atoms with E-state index in [2.05, 4.69) is 4.98 Å². The molecule has 0 fully saturated rings. The molecule has 0 saturated heterocycles. The number of ether oxygens (including phenoxy) is 1. The maximum absolute atomic E-state index is 12.7. The summed E-state index contributed by atoms with van der Waals surface area (Å²) in [6.45, 7) is 2.15. The SMILES string of the molecule is CCOC(=O)c1nc(C(=O)O)c(-c2ccc(S(=O)(=O)NC(C)C(F)(F)F)c(Cl)c2Cl)s1. The second kappa shape index (κ2) is 9.28. The topological polar surface area (TPSA) is 123 Å². The Kier molecular flexibility index (Phi) is 7.59. The van der Waals surface area contributed by atoms with Gasteiger partial charge < -0.3 is 9.84 Å². The molecular weight excluding hydrogens is 508 g/mol. The van der Waals surface area contributed by atoms with E-state index in [-0.39, 0.29) is 22.1 Å². The van der Waals surface area contributed by atoms with Crippen LogP contribution in [0.3, 0.4) is 0 Å². The van der Waals surface area contributed by atoms with Crippen molar-refractivity contribution in [1.82, 2.24) is 9.71 Å². The number of aromatic nitrogens is 1. The molecule has 1 aromatic heterocycles. The monoisotopic (exact) mass is 520 g/mol. The van der Waals surface area contributed by atoms with Gasteiger partial charge >= 0.3 is 18.1 Å². The fourth-order valence-corrected chi connectivity index (χ4v) is 5.34. The van der Waals surface area contributed by atoms with E-state index in [1.165, 1.54) is 11.6 Å². The van der Waals surface area contributed by atoms with E-state index in [0.29, 0.717) is 18.3 Å². The van der Waals surface area contributed by atoms with Gasteiger partial charge in [-0.1, -0.05) is 29.3 Å². The quantitative estimate of drug-likeness (QED) is 0.523. The summed E-state index contributed by atoms with van der Waals surface area (Å²) in [5.74, 6) is -2.39. The van der Waals surface area contributed by atoms with Crippen molar-refractivity contribution in [2.75, 3.05) is 6.61 Å². The minimum Gasteiger partial charge on any atom is -0.476 e. The van der Waals surface area contributed by atoms with Gasteiger partial charge in [0.1, 0.15) is 10.9 Å². The van der Waals surface area contributed by atoms with Gasteiger partial charge in [-0.15, -0.1) is 11.3 Å². The van der Waals surface area contributed by atoms with E-state index < -0.39 is 54.8 Å². The van der Waals surface area contributed by atoms with Gasteiger partial charge in [-0.25, -0.2) is 23.0 Å². The Morgan fingerprint density at radius 3 is 2.42 bits per heavy atom. The first-order valence-corrected chi connectivity index (χ1v) is 11.2. The van der Waals surface area contributed by atoms with Gasteiger partial charge in [0, 0.05) is 5.56 Å². The lowest BCUT2D eigenvalue weighted by Crippen LogP contribution is -2.43. The lowest BCUT2D eigenvalue weighted by Gasteiger charge is -2.18. The van der Waals surface area contributed by atoms with Crippen molar-refractivity contribution < 1.29 is 41.0 Å². The second-order valence-corrected chi connectivity index (χ2v) is 9.28. The Hall–Kier alpha value is -1.93. The van der Waals surface area contributed by atoms with Crippen molar-refractivity contribution in [2.24, 2.45) is 0 Å². The summed E-state index contributed by atoms with van der Waals surface area (Å²) in [6, 6.07) is -0.487. The van der Waals surface area contributed by atoms with Crippen LogP contribution in [0.1, 0.15) is 34.1 Å². The van der Waals surface area contributed by atoms with Crippen LogP contribution in [0.2, 0.25) is 10.0 Å². The number of carbonyl (C=O) groups excluding carboxylic acids is 1. The van der Waals surface area contributed by atoms with Crippen LogP contribution in [-0.4, -0.2) is 49.3 Å². The number of alkyl halides is 3. The molecule has 31 heavy (non-hydrogen) atoms. The van der Waals surface area contributed by atoms with Crippen LogP contribution in [0.4, 0.5) is 13.2 Å². The van der Waals surface area contributed by atoms with E-state index in [4.69, 9.17) is 27.9 Å². The molecule has 1 heterocycles. The van der Waals surface area contributed by atoms with Crippen molar-refractivity contribution >= 4 is 56.5 Å². The van der Waals surface area contributed by atoms with Crippen molar-refractivity contribution in [3.05, 3.63) is 32.9 Å². The van der Waals surface area contributed by atoms with E-state index in [1.807, 2.05) is 0 Å². The smallest absolute Gasteiger partial charge is 0.404 e. The van der Waals surface area contributed by atoms with Crippen molar-refractivity contribution in [3.63, 3.8) is 0 Å². The van der Waals surface area contributed by atoms with E-state index >= 15 is 0 Å². The first-order chi connectivity index (χ1) is 14.2. The van der Waals surface area contributed by atoms with Crippen LogP contribution in [-0.2, 0) is 14.8 Å². The molecule has 0 radical (unpaired) electrons. The molecule has 0 aliphatic rings. The number of carboxylic acids is 1. The number of carboxylic acid groups (broad SMARTS) is 1. The highest BCUT2D eigenvalue weighted by Gasteiger charge is 2.39. The zero-order valence-corrected chi connectivity index (χ0v) is 18.7. The number of benzene rings is 1. The zero-order chi connectivity index (χ0) is 23.7. The number of thiazole rings is 1. The van der Waals surface area contributed by atoms with E-state index in [1.54, 1.807) is 0 Å². The third kappa shape index (κ3) is 5.47. The predicted octanol–water partition coefficient (Wildman–Crippen LogP) is 4.22. The molecule has 1 atom stereocenters. The molecule has 1 unspecified atom stereocenters. The number of nitrogens with zero attached hydrogens (tertiary/aromatic N) is 1. The maximum Gasteiger partial charge on any atom is 0.404 e. The van der Waals surface area contributed by atoms with E-state index in [0.717, 1.165) is 12.1 Å². The van der Waals surface area contributed by atoms with Crippen LogP contribution in [0, 0.1) is 0 Å². The average Bonchev–Trinajstić information content (AvgIpc) is 3.08. The molecule has 0 saturated carbocycles. The first kappa shape index (κ1) is 25.3. The summed E-state index contributed by atoms with van der Waals surface area (Å²) in [7, 11) is -4.73. The minimum atomic E-state index is -4.84. The fraction of sp³-hybridized carbons (Fsp3) is 0.312. The second-order valence-electron chi connectivity index (χ2n) is 5.85. The molecule has 0 spiro atoms. The summed E-state index contributed by atoms with van der Waals surface area (Å²) in [6.07, 6.45) is -4.84. The summed E-state index contributed by atoms with van der Waals surface area (Å²) in [4.78, 5) is 26.2. The van der Waals surface area contributed by atoms with E-state index in [9.17, 15) is 36.3 Å². The first-order valence-electron chi connectivity index (χ1n) is 8.19. The van der Waals surface area contributed by atoms with Gasteiger partial charge in [-0.3, -0.25) is 0 Å². The number of hydrogen-bond donors (Lipinski definition) is 2. The standard InChI is InChI=1S/C16H13Cl2F3N2O6S2/c1-3-29-15(26)13-22-11(14(24)25)12(30-13)7-4-5-8(10(18)9(7)17)31(27,28)23-6(2)16(19,20)21/h4-6,23H,3H2,1-2H3,(H,24,25). The largest absolute Gasteiger partial charge is 0.476 e. The molecule has 1 aromatic carbocycles. The molecule has 0 bridgehead atoms. The molecule has 0 aliphatic heterocycles. The summed E-state index contributed by atoms with van der Waals surface area (Å²) in [5, 5.41) is 7.99. The Morgan fingerprint density at radius 1 is 1.29 bits per heavy atom. The van der Waals surface area contributed by atoms with Crippen LogP contribution >= 0.6 is 34.5 Å². The Balaban J connectivity index is 2.57. The average molecular weight is 521 g/mol. The molecule has 15 heteroatoms. The van der Waals surface area contributed by atoms with Gasteiger partial charge in [0.25, 0.3) is 0 Å². The lowest BCUT2D eigenvalue weighted by molar-refractivity contribution is -0.147. The number of carbonyl (C=O) groups is 2. The van der Waals surface area contributed by atoms with Gasteiger partial charge in [0.2, 0.25) is 15.0 Å².